The van der Waals surface area contributed by atoms with Crippen LogP contribution in [0.2, 0.25) is 0 Å². The van der Waals surface area contributed by atoms with Gasteiger partial charge in [-0.15, -0.1) is 0 Å². The van der Waals surface area contributed by atoms with Gasteiger partial charge in [0.25, 0.3) is 0 Å². The average molecular weight is 231 g/mol. The van der Waals surface area contributed by atoms with Crippen molar-refractivity contribution in [3.05, 3.63) is 28.7 Å². The van der Waals surface area contributed by atoms with E-state index in [2.05, 4.69) is 22.0 Å². The van der Waals surface area contributed by atoms with E-state index in [0.29, 0.717) is 0 Å². The molecule has 0 aliphatic carbocycles. The van der Waals surface area contributed by atoms with Gasteiger partial charge in [-0.2, -0.15) is 10.1 Å². The van der Waals surface area contributed by atoms with Crippen molar-refractivity contribution in [2.75, 3.05) is 5.73 Å². The molecule has 5 heteroatoms. The molecule has 2 N–H and O–H groups in total. The van der Waals surface area contributed by atoms with Crippen molar-refractivity contribution in [1.29, 1.82) is 0 Å². The zero-order valence-corrected chi connectivity index (χ0v) is 10.7. The first-order valence-electron chi connectivity index (χ1n) is 5.69. The van der Waals surface area contributed by atoms with Crippen LogP contribution in [0.15, 0.2) is 6.07 Å². The lowest BCUT2D eigenvalue weighted by molar-refractivity contribution is 0.799. The minimum Gasteiger partial charge on any atom is -0.368 e. The zero-order valence-electron chi connectivity index (χ0n) is 10.7. The van der Waals surface area contributed by atoms with Gasteiger partial charge in [-0.3, -0.25) is 0 Å². The molecule has 2 heterocycles. The normalized spacial score (nSPS) is 10.8. The molecule has 0 atom stereocenters. The number of aromatic nitrogens is 4. The maximum absolute atomic E-state index is 5.66. The highest BCUT2D eigenvalue weighted by Crippen LogP contribution is 2.17. The molecule has 0 aliphatic rings. The van der Waals surface area contributed by atoms with Gasteiger partial charge >= 0.3 is 0 Å². The zero-order chi connectivity index (χ0) is 12.6. The molecule has 17 heavy (non-hydrogen) atoms. The van der Waals surface area contributed by atoms with Crippen LogP contribution in [-0.2, 0) is 6.42 Å². The summed E-state index contributed by atoms with van der Waals surface area (Å²) in [5.74, 6) is 1.01. The highest BCUT2D eigenvalue weighted by Gasteiger charge is 2.12. The fourth-order valence-electron chi connectivity index (χ4n) is 2.09. The molecule has 90 valence electrons. The monoisotopic (exact) mass is 231 g/mol. The third kappa shape index (κ3) is 2.00. The molecular formula is C12H17N5. The van der Waals surface area contributed by atoms with Crippen molar-refractivity contribution < 1.29 is 0 Å². The number of hydrogen-bond acceptors (Lipinski definition) is 4. The fraction of sp³-hybridized carbons (Fsp3) is 0.417. The van der Waals surface area contributed by atoms with Gasteiger partial charge in [0.2, 0.25) is 5.95 Å². The average Bonchev–Trinajstić information content (AvgIpc) is 2.52. The number of nitrogen functional groups attached to an aromatic ring is 1. The Labute approximate surface area is 101 Å². The first kappa shape index (κ1) is 11.6. The fourth-order valence-corrected chi connectivity index (χ4v) is 2.09. The molecular weight excluding hydrogens is 214 g/mol. The summed E-state index contributed by atoms with van der Waals surface area (Å²) in [6.45, 7) is 8.08. The first-order chi connectivity index (χ1) is 8.02. The molecule has 2 aromatic rings. The third-order valence-corrected chi connectivity index (χ3v) is 2.87. The molecule has 0 bridgehead atoms. The van der Waals surface area contributed by atoms with E-state index in [9.17, 15) is 0 Å². The summed E-state index contributed by atoms with van der Waals surface area (Å²) in [4.78, 5) is 8.29. The minimum atomic E-state index is 0.283. The van der Waals surface area contributed by atoms with E-state index in [0.717, 1.165) is 29.3 Å². The van der Waals surface area contributed by atoms with Gasteiger partial charge in [-0.25, -0.2) is 9.67 Å². The van der Waals surface area contributed by atoms with Crippen LogP contribution in [0.25, 0.3) is 5.82 Å². The Bertz CT molecular complexity index is 536. The lowest BCUT2D eigenvalue weighted by atomic mass is 10.1. The number of anilines is 1. The largest absolute Gasteiger partial charge is 0.368 e. The second-order valence-electron chi connectivity index (χ2n) is 4.14. The number of nitrogens with zero attached hydrogens (tertiary/aromatic N) is 4. The molecule has 0 aromatic carbocycles. The van der Waals surface area contributed by atoms with E-state index < -0.39 is 0 Å². The highest BCUT2D eigenvalue weighted by atomic mass is 15.3. The Kier molecular flexibility index (Phi) is 2.83. The van der Waals surface area contributed by atoms with Crippen LogP contribution < -0.4 is 5.73 Å². The summed E-state index contributed by atoms with van der Waals surface area (Å²) >= 11 is 0. The third-order valence-electron chi connectivity index (χ3n) is 2.87. The maximum atomic E-state index is 5.66. The van der Waals surface area contributed by atoms with Crippen molar-refractivity contribution in [1.82, 2.24) is 19.7 Å². The van der Waals surface area contributed by atoms with E-state index in [-0.39, 0.29) is 5.95 Å². The van der Waals surface area contributed by atoms with Crippen molar-refractivity contribution in [3.8, 4) is 5.82 Å². The Morgan fingerprint density at radius 3 is 2.47 bits per heavy atom. The summed E-state index contributed by atoms with van der Waals surface area (Å²) in [6.07, 6.45) is 0.969. The Balaban J connectivity index is 2.60. The van der Waals surface area contributed by atoms with Crippen LogP contribution in [-0.4, -0.2) is 19.7 Å². The smallest absolute Gasteiger partial charge is 0.222 e. The van der Waals surface area contributed by atoms with Gasteiger partial charge in [-0.05, 0) is 32.8 Å². The van der Waals surface area contributed by atoms with Gasteiger partial charge in [0.15, 0.2) is 5.82 Å². The Morgan fingerprint density at radius 2 is 1.94 bits per heavy atom. The van der Waals surface area contributed by atoms with Crippen LogP contribution in [0.1, 0.15) is 29.6 Å². The molecule has 2 rings (SSSR count). The molecule has 5 nitrogen and oxygen atoms in total. The summed E-state index contributed by atoms with van der Waals surface area (Å²) in [5, 5.41) is 4.50. The van der Waals surface area contributed by atoms with Crippen molar-refractivity contribution in [2.24, 2.45) is 0 Å². The van der Waals surface area contributed by atoms with E-state index >= 15 is 0 Å². The summed E-state index contributed by atoms with van der Waals surface area (Å²) in [5.41, 5.74) is 9.93. The van der Waals surface area contributed by atoms with Crippen LogP contribution in [0.3, 0.4) is 0 Å². The van der Waals surface area contributed by atoms with Crippen LogP contribution in [0, 0.1) is 20.8 Å². The SMILES string of the molecule is CCc1c(C)nn(-c2cc(C)nc(N)n2)c1C. The minimum absolute atomic E-state index is 0.283. The summed E-state index contributed by atoms with van der Waals surface area (Å²) in [6, 6.07) is 1.88. The van der Waals surface area contributed by atoms with Gasteiger partial charge in [-0.1, -0.05) is 6.92 Å². The van der Waals surface area contributed by atoms with E-state index in [1.165, 1.54) is 5.56 Å². The molecule has 2 aromatic heterocycles. The topological polar surface area (TPSA) is 69.6 Å². The van der Waals surface area contributed by atoms with Gasteiger partial charge in [0.1, 0.15) is 0 Å². The Hall–Kier alpha value is -1.91. The van der Waals surface area contributed by atoms with Gasteiger partial charge in [0, 0.05) is 17.5 Å². The lowest BCUT2D eigenvalue weighted by Crippen LogP contribution is -2.06. The summed E-state index contributed by atoms with van der Waals surface area (Å²) < 4.78 is 1.83. The van der Waals surface area contributed by atoms with E-state index in [1.807, 2.05) is 31.5 Å². The lowest BCUT2D eigenvalue weighted by Gasteiger charge is -2.05. The number of nitrogens with two attached hydrogens (primary N) is 1. The molecule has 0 aliphatic heterocycles. The van der Waals surface area contributed by atoms with Crippen molar-refractivity contribution in [2.45, 2.75) is 34.1 Å². The molecule has 0 fully saturated rings. The van der Waals surface area contributed by atoms with E-state index in [1.54, 1.807) is 0 Å². The molecule has 0 amide bonds. The van der Waals surface area contributed by atoms with Crippen LogP contribution >= 0.6 is 0 Å². The van der Waals surface area contributed by atoms with Crippen LogP contribution in [0.5, 0.6) is 0 Å². The summed E-state index contributed by atoms with van der Waals surface area (Å²) in [7, 11) is 0. The highest BCUT2D eigenvalue weighted by molar-refractivity contribution is 5.36. The first-order valence-corrected chi connectivity index (χ1v) is 5.69. The van der Waals surface area contributed by atoms with E-state index in [4.69, 9.17) is 5.73 Å². The molecule has 0 saturated heterocycles. The van der Waals surface area contributed by atoms with Gasteiger partial charge in [0.05, 0.1) is 5.69 Å². The second kappa shape index (κ2) is 4.16. The molecule has 0 spiro atoms. The number of hydrogen-bond donors (Lipinski definition) is 1. The molecule has 0 unspecified atom stereocenters. The quantitative estimate of drug-likeness (QED) is 0.854. The second-order valence-corrected chi connectivity index (χ2v) is 4.14. The van der Waals surface area contributed by atoms with Crippen LogP contribution in [0.4, 0.5) is 5.95 Å². The standard InChI is InChI=1S/C12H17N5/c1-5-10-8(3)16-17(9(10)4)11-6-7(2)14-12(13)15-11/h6H,5H2,1-4H3,(H2,13,14,15). The maximum Gasteiger partial charge on any atom is 0.222 e. The Morgan fingerprint density at radius 1 is 1.24 bits per heavy atom. The predicted octanol–water partition coefficient (Wildman–Crippen LogP) is 1.73. The van der Waals surface area contributed by atoms with Crippen molar-refractivity contribution in [3.63, 3.8) is 0 Å². The number of rotatable bonds is 2. The number of aryl methyl sites for hydroxylation is 2. The van der Waals surface area contributed by atoms with Crippen molar-refractivity contribution >= 4 is 5.95 Å². The molecule has 0 saturated carbocycles. The predicted molar refractivity (Wildman–Crippen MR) is 67.2 cm³/mol. The van der Waals surface area contributed by atoms with Gasteiger partial charge < -0.3 is 5.73 Å². The molecule has 0 radical (unpaired) electrons.